The summed E-state index contributed by atoms with van der Waals surface area (Å²) in [6.45, 7) is 1.17. The van der Waals surface area contributed by atoms with Gasteiger partial charge in [0.05, 0.1) is 12.7 Å². The molecule has 0 spiro atoms. The summed E-state index contributed by atoms with van der Waals surface area (Å²) in [5, 5.41) is 80.1. The molecule has 0 unspecified atom stereocenters. The van der Waals surface area contributed by atoms with Crippen LogP contribution in [0.25, 0.3) is 22.3 Å². The zero-order valence-corrected chi connectivity index (χ0v) is 20.9. The Balaban J connectivity index is 1.52. The summed E-state index contributed by atoms with van der Waals surface area (Å²) in [5.74, 6) is -1.52. The number of hydrogen-bond donors (Lipinski definition) is 8. The lowest BCUT2D eigenvalue weighted by atomic mass is 10.00. The first-order valence-corrected chi connectivity index (χ1v) is 12.3. The van der Waals surface area contributed by atoms with Crippen LogP contribution in [0.2, 0.25) is 0 Å². The van der Waals surface area contributed by atoms with Crippen LogP contribution in [-0.4, -0.2) is 103 Å². The number of phenols is 2. The normalized spacial score (nSPS) is 32.6. The molecule has 2 aliphatic heterocycles. The third kappa shape index (κ3) is 5.07. The molecular formula is C26H28O14. The van der Waals surface area contributed by atoms with Crippen LogP contribution in [0.5, 0.6) is 23.0 Å². The van der Waals surface area contributed by atoms with Crippen molar-refractivity contribution >= 4 is 11.0 Å². The highest BCUT2D eigenvalue weighted by Crippen LogP contribution is 2.37. The van der Waals surface area contributed by atoms with E-state index in [-0.39, 0.29) is 40.4 Å². The van der Waals surface area contributed by atoms with Crippen LogP contribution in [0.3, 0.4) is 0 Å². The molecule has 2 saturated heterocycles. The molecule has 3 heterocycles. The van der Waals surface area contributed by atoms with Crippen molar-refractivity contribution in [3.05, 3.63) is 46.6 Å². The molecule has 0 radical (unpaired) electrons. The quantitative estimate of drug-likeness (QED) is 0.184. The van der Waals surface area contributed by atoms with Gasteiger partial charge in [0.15, 0.2) is 5.76 Å². The maximum absolute atomic E-state index is 13.5. The van der Waals surface area contributed by atoms with Crippen molar-refractivity contribution in [1.29, 1.82) is 0 Å². The fourth-order valence-electron chi connectivity index (χ4n) is 4.49. The standard InChI is InChI=1S/C26H28O14/c1-9-17(30)20(33)22(35)26(37-9)40-24-19(32)16-13(28)6-11(27)7-15(16)39-23(24)10-2-4-12(5-3-10)38-25-21(34)18(31)14(29)8-36-25/h2-7,9,14,17-18,20-22,25-31,33-35H,8H2,1H3/t9-,14-,17-,18+,20+,21+,22+,25+,26+/m0/s1. The van der Waals surface area contributed by atoms with Gasteiger partial charge in [0.2, 0.25) is 23.8 Å². The first-order chi connectivity index (χ1) is 19.0. The van der Waals surface area contributed by atoms with E-state index in [1.807, 2.05) is 0 Å². The van der Waals surface area contributed by atoms with Gasteiger partial charge in [-0.1, -0.05) is 0 Å². The zero-order chi connectivity index (χ0) is 28.9. The average Bonchev–Trinajstić information content (AvgIpc) is 2.92. The van der Waals surface area contributed by atoms with Gasteiger partial charge in [-0.05, 0) is 31.2 Å². The predicted octanol–water partition coefficient (Wildman–Crippen LogP) is -1.10. The minimum atomic E-state index is -1.76. The number of aliphatic hydroxyl groups excluding tert-OH is 6. The van der Waals surface area contributed by atoms with Gasteiger partial charge in [0, 0.05) is 17.7 Å². The SMILES string of the molecule is C[C@@H]1O[C@H](Oc2c(-c3ccc(O[C@H]4OC[C@H](O)[C@@H](O)[C@H]4O)cc3)oc3cc(O)cc(O)c3c2=O)[C@H](O)[C@H](O)[C@H]1O. The first kappa shape index (κ1) is 28.1. The highest BCUT2D eigenvalue weighted by molar-refractivity contribution is 5.88. The van der Waals surface area contributed by atoms with Gasteiger partial charge in [-0.25, -0.2) is 0 Å². The number of rotatable bonds is 5. The fraction of sp³-hybridized carbons (Fsp3) is 0.423. The van der Waals surface area contributed by atoms with E-state index in [1.54, 1.807) is 0 Å². The Morgan fingerprint density at radius 1 is 0.825 bits per heavy atom. The van der Waals surface area contributed by atoms with Crippen molar-refractivity contribution < 1.29 is 64.2 Å². The molecule has 0 amide bonds. The second-order valence-corrected chi connectivity index (χ2v) is 9.62. The Morgan fingerprint density at radius 3 is 2.20 bits per heavy atom. The first-order valence-electron chi connectivity index (χ1n) is 12.3. The molecule has 14 heteroatoms. The molecule has 3 aromatic rings. The lowest BCUT2D eigenvalue weighted by Crippen LogP contribution is -2.58. The second kappa shape index (κ2) is 10.8. The summed E-state index contributed by atoms with van der Waals surface area (Å²) in [7, 11) is 0. The summed E-state index contributed by atoms with van der Waals surface area (Å²) in [5.41, 5.74) is -0.849. The Kier molecular flexibility index (Phi) is 7.60. The smallest absolute Gasteiger partial charge is 0.239 e. The molecule has 216 valence electrons. The molecule has 2 fully saturated rings. The van der Waals surface area contributed by atoms with Crippen molar-refractivity contribution in [2.75, 3.05) is 6.61 Å². The molecule has 8 N–H and O–H groups in total. The Bertz CT molecular complexity index is 1420. The minimum Gasteiger partial charge on any atom is -0.508 e. The molecule has 2 aliphatic rings. The summed E-state index contributed by atoms with van der Waals surface area (Å²) >= 11 is 0. The Labute approximate surface area is 225 Å². The largest absolute Gasteiger partial charge is 0.508 e. The van der Waals surface area contributed by atoms with Crippen LogP contribution in [-0.2, 0) is 9.47 Å². The maximum Gasteiger partial charge on any atom is 0.239 e. The molecule has 1 aromatic heterocycles. The van der Waals surface area contributed by atoms with Gasteiger partial charge in [-0.15, -0.1) is 0 Å². The van der Waals surface area contributed by atoms with Crippen molar-refractivity contribution in [2.24, 2.45) is 0 Å². The molecule has 0 bridgehead atoms. The van der Waals surface area contributed by atoms with Gasteiger partial charge in [0.1, 0.15) is 64.8 Å². The number of aromatic hydroxyl groups is 2. The minimum absolute atomic E-state index is 0.175. The van der Waals surface area contributed by atoms with Crippen LogP contribution >= 0.6 is 0 Å². The monoisotopic (exact) mass is 564 g/mol. The van der Waals surface area contributed by atoms with E-state index in [4.69, 9.17) is 23.4 Å². The lowest BCUT2D eigenvalue weighted by molar-refractivity contribution is -0.268. The molecule has 14 nitrogen and oxygen atoms in total. The van der Waals surface area contributed by atoms with Crippen molar-refractivity contribution in [1.82, 2.24) is 0 Å². The van der Waals surface area contributed by atoms with Crippen LogP contribution in [0, 0.1) is 0 Å². The average molecular weight is 564 g/mol. The molecule has 5 rings (SSSR count). The summed E-state index contributed by atoms with van der Waals surface area (Å²) < 4.78 is 27.8. The number of hydrogen-bond acceptors (Lipinski definition) is 14. The number of phenolic OH excluding ortho intramolecular Hbond substituents is 2. The van der Waals surface area contributed by atoms with E-state index in [2.05, 4.69) is 0 Å². The molecule has 0 saturated carbocycles. The molecule has 0 aliphatic carbocycles. The second-order valence-electron chi connectivity index (χ2n) is 9.62. The van der Waals surface area contributed by atoms with E-state index in [0.29, 0.717) is 0 Å². The summed E-state index contributed by atoms with van der Waals surface area (Å²) in [4.78, 5) is 13.5. The highest BCUT2D eigenvalue weighted by Gasteiger charge is 2.44. The third-order valence-electron chi connectivity index (χ3n) is 6.78. The summed E-state index contributed by atoms with van der Waals surface area (Å²) in [6.07, 6.45) is -13.0. The summed E-state index contributed by atoms with van der Waals surface area (Å²) in [6, 6.07) is 7.76. The lowest BCUT2D eigenvalue weighted by Gasteiger charge is -2.38. The topological polar surface area (TPSA) is 229 Å². The van der Waals surface area contributed by atoms with Crippen molar-refractivity contribution in [3.63, 3.8) is 0 Å². The number of fused-ring (bicyclic) bond motifs is 1. The van der Waals surface area contributed by atoms with E-state index in [9.17, 15) is 45.6 Å². The van der Waals surface area contributed by atoms with Gasteiger partial charge in [0.25, 0.3) is 0 Å². The third-order valence-corrected chi connectivity index (χ3v) is 6.78. The van der Waals surface area contributed by atoms with Crippen molar-refractivity contribution in [2.45, 2.75) is 62.2 Å². The highest BCUT2D eigenvalue weighted by atomic mass is 16.7. The zero-order valence-electron chi connectivity index (χ0n) is 20.9. The van der Waals surface area contributed by atoms with E-state index in [0.717, 1.165) is 12.1 Å². The van der Waals surface area contributed by atoms with Gasteiger partial charge >= 0.3 is 0 Å². The van der Waals surface area contributed by atoms with Gasteiger partial charge in [-0.3, -0.25) is 4.79 Å². The van der Waals surface area contributed by atoms with Crippen LogP contribution < -0.4 is 14.9 Å². The van der Waals surface area contributed by atoms with Gasteiger partial charge < -0.3 is 64.2 Å². The van der Waals surface area contributed by atoms with Crippen LogP contribution in [0.4, 0.5) is 0 Å². The molecule has 9 atom stereocenters. The van der Waals surface area contributed by atoms with E-state index < -0.39 is 72.2 Å². The Hall–Kier alpha value is -3.47. The van der Waals surface area contributed by atoms with E-state index >= 15 is 0 Å². The Morgan fingerprint density at radius 2 is 1.50 bits per heavy atom. The van der Waals surface area contributed by atoms with Crippen LogP contribution in [0.15, 0.2) is 45.6 Å². The maximum atomic E-state index is 13.5. The molecule has 40 heavy (non-hydrogen) atoms. The number of benzene rings is 2. The van der Waals surface area contributed by atoms with E-state index in [1.165, 1.54) is 31.2 Å². The number of ether oxygens (including phenoxy) is 4. The molecule has 2 aromatic carbocycles. The predicted molar refractivity (Wildman–Crippen MR) is 133 cm³/mol. The fourth-order valence-corrected chi connectivity index (χ4v) is 4.49. The van der Waals surface area contributed by atoms with Crippen molar-refractivity contribution in [3.8, 4) is 34.3 Å². The number of aliphatic hydroxyl groups is 6. The van der Waals surface area contributed by atoms with Crippen LogP contribution in [0.1, 0.15) is 6.92 Å². The van der Waals surface area contributed by atoms with Gasteiger partial charge in [-0.2, -0.15) is 0 Å². The molecular weight excluding hydrogens is 536 g/mol.